The van der Waals surface area contributed by atoms with Gasteiger partial charge in [0.1, 0.15) is 0 Å². The summed E-state index contributed by atoms with van der Waals surface area (Å²) in [5.41, 5.74) is 2.59. The van der Waals surface area contributed by atoms with Crippen LogP contribution in [0.15, 0.2) is 24.3 Å². The van der Waals surface area contributed by atoms with Crippen LogP contribution in [0.2, 0.25) is 0 Å². The Labute approximate surface area is 102 Å². The van der Waals surface area contributed by atoms with E-state index in [2.05, 4.69) is 29.2 Å². The van der Waals surface area contributed by atoms with Crippen LogP contribution in [0.1, 0.15) is 24.8 Å². The van der Waals surface area contributed by atoms with Crippen molar-refractivity contribution in [3.05, 3.63) is 29.8 Å². The van der Waals surface area contributed by atoms with Crippen LogP contribution in [0.5, 0.6) is 0 Å². The Kier molecular flexibility index (Phi) is 2.81. The van der Waals surface area contributed by atoms with E-state index in [1.807, 2.05) is 0 Å². The number of anilines is 1. The third-order valence-electron chi connectivity index (χ3n) is 4.18. The van der Waals surface area contributed by atoms with Gasteiger partial charge in [-0.2, -0.15) is 0 Å². The molecule has 2 aliphatic rings. The van der Waals surface area contributed by atoms with Crippen molar-refractivity contribution < 1.29 is 0 Å². The second kappa shape index (κ2) is 4.29. The number of hydrogen-bond acceptors (Lipinski definition) is 1. The van der Waals surface area contributed by atoms with Gasteiger partial charge in [0.15, 0.2) is 0 Å². The van der Waals surface area contributed by atoms with Gasteiger partial charge in [-0.25, -0.2) is 0 Å². The maximum Gasteiger partial charge on any atom is 0.0474 e. The molecule has 16 heavy (non-hydrogen) atoms. The van der Waals surface area contributed by atoms with Crippen LogP contribution in [0.3, 0.4) is 0 Å². The molecule has 1 aromatic carbocycles. The molecule has 0 N–H and O–H groups in total. The Bertz CT molecular complexity index is 348. The number of hydrogen-bond donors (Lipinski definition) is 0. The van der Waals surface area contributed by atoms with E-state index < -0.39 is 0 Å². The molecule has 1 heterocycles. The Morgan fingerprint density at radius 1 is 1.06 bits per heavy atom. The van der Waals surface area contributed by atoms with Crippen molar-refractivity contribution in [3.8, 4) is 0 Å². The summed E-state index contributed by atoms with van der Waals surface area (Å²) in [5, 5.41) is 0. The minimum atomic E-state index is 0.617. The van der Waals surface area contributed by atoms with Crippen molar-refractivity contribution in [2.24, 2.45) is 11.8 Å². The highest BCUT2D eigenvalue weighted by molar-refractivity contribution is 6.17. The van der Waals surface area contributed by atoms with Crippen LogP contribution in [0.25, 0.3) is 0 Å². The SMILES string of the molecule is ClCc1ccc(N2CC3CCCC3C2)cc1. The smallest absolute Gasteiger partial charge is 0.0474 e. The zero-order chi connectivity index (χ0) is 11.0. The molecule has 86 valence electrons. The lowest BCUT2D eigenvalue weighted by atomic mass is 10.0. The summed E-state index contributed by atoms with van der Waals surface area (Å²) < 4.78 is 0. The minimum absolute atomic E-state index is 0.617. The lowest BCUT2D eigenvalue weighted by Crippen LogP contribution is -2.20. The molecule has 0 aromatic heterocycles. The molecule has 1 saturated heterocycles. The molecular formula is C14H18ClN. The Hall–Kier alpha value is -0.690. The van der Waals surface area contributed by atoms with Gasteiger partial charge in [-0.1, -0.05) is 18.6 Å². The summed E-state index contributed by atoms with van der Waals surface area (Å²) in [4.78, 5) is 2.55. The van der Waals surface area contributed by atoms with Gasteiger partial charge in [0.05, 0.1) is 0 Å². The van der Waals surface area contributed by atoms with Gasteiger partial charge in [0.25, 0.3) is 0 Å². The molecule has 1 aliphatic heterocycles. The highest BCUT2D eigenvalue weighted by Gasteiger charge is 2.35. The molecule has 2 unspecified atom stereocenters. The van der Waals surface area contributed by atoms with E-state index in [4.69, 9.17) is 11.6 Å². The number of alkyl halides is 1. The maximum absolute atomic E-state index is 5.80. The van der Waals surface area contributed by atoms with E-state index in [-0.39, 0.29) is 0 Å². The molecule has 2 fully saturated rings. The Morgan fingerprint density at radius 3 is 2.25 bits per heavy atom. The van der Waals surface area contributed by atoms with Gasteiger partial charge in [0.2, 0.25) is 0 Å². The van der Waals surface area contributed by atoms with Crippen LogP contribution in [0.4, 0.5) is 5.69 Å². The van der Waals surface area contributed by atoms with E-state index in [0.29, 0.717) is 5.88 Å². The topological polar surface area (TPSA) is 3.24 Å². The van der Waals surface area contributed by atoms with Crippen LogP contribution in [-0.2, 0) is 5.88 Å². The van der Waals surface area contributed by atoms with Crippen molar-refractivity contribution in [2.45, 2.75) is 25.1 Å². The van der Waals surface area contributed by atoms with Crippen LogP contribution < -0.4 is 4.90 Å². The first-order valence-electron chi connectivity index (χ1n) is 6.26. The predicted molar refractivity (Wildman–Crippen MR) is 69.0 cm³/mol. The van der Waals surface area contributed by atoms with Crippen molar-refractivity contribution in [2.75, 3.05) is 18.0 Å². The lowest BCUT2D eigenvalue weighted by Gasteiger charge is -2.19. The van der Waals surface area contributed by atoms with E-state index in [1.165, 1.54) is 43.6 Å². The van der Waals surface area contributed by atoms with Crippen molar-refractivity contribution in [1.29, 1.82) is 0 Å². The quantitative estimate of drug-likeness (QED) is 0.708. The summed E-state index contributed by atoms with van der Waals surface area (Å²) in [7, 11) is 0. The van der Waals surface area contributed by atoms with Crippen LogP contribution in [0, 0.1) is 11.8 Å². The second-order valence-corrected chi connectivity index (χ2v) is 5.42. The zero-order valence-corrected chi connectivity index (χ0v) is 10.3. The van der Waals surface area contributed by atoms with Crippen molar-refractivity contribution in [1.82, 2.24) is 0 Å². The minimum Gasteiger partial charge on any atom is -0.371 e. The van der Waals surface area contributed by atoms with Crippen molar-refractivity contribution >= 4 is 17.3 Å². The predicted octanol–water partition coefficient (Wildman–Crippen LogP) is 3.66. The molecule has 1 aliphatic carbocycles. The Balaban J connectivity index is 1.73. The average molecular weight is 236 g/mol. The molecule has 0 spiro atoms. The molecule has 0 radical (unpaired) electrons. The molecular weight excluding hydrogens is 218 g/mol. The molecule has 1 saturated carbocycles. The molecule has 1 nitrogen and oxygen atoms in total. The van der Waals surface area contributed by atoms with E-state index in [1.54, 1.807) is 0 Å². The van der Waals surface area contributed by atoms with Gasteiger partial charge in [-0.05, 0) is 42.4 Å². The molecule has 2 atom stereocenters. The van der Waals surface area contributed by atoms with Gasteiger partial charge < -0.3 is 4.90 Å². The summed E-state index contributed by atoms with van der Waals surface area (Å²) in [5.74, 6) is 2.55. The summed E-state index contributed by atoms with van der Waals surface area (Å²) in [6.45, 7) is 2.54. The summed E-state index contributed by atoms with van der Waals surface area (Å²) >= 11 is 5.80. The lowest BCUT2D eigenvalue weighted by molar-refractivity contribution is 0.494. The van der Waals surface area contributed by atoms with Crippen molar-refractivity contribution in [3.63, 3.8) is 0 Å². The summed E-state index contributed by atoms with van der Waals surface area (Å²) in [6.07, 6.45) is 4.34. The van der Waals surface area contributed by atoms with Crippen LogP contribution in [-0.4, -0.2) is 13.1 Å². The first kappa shape index (κ1) is 10.5. The maximum atomic E-state index is 5.80. The van der Waals surface area contributed by atoms with Gasteiger partial charge in [-0.3, -0.25) is 0 Å². The number of fused-ring (bicyclic) bond motifs is 1. The first-order valence-corrected chi connectivity index (χ1v) is 6.80. The second-order valence-electron chi connectivity index (χ2n) is 5.16. The fourth-order valence-corrected chi connectivity index (χ4v) is 3.42. The van der Waals surface area contributed by atoms with Gasteiger partial charge >= 0.3 is 0 Å². The van der Waals surface area contributed by atoms with E-state index in [0.717, 1.165) is 11.8 Å². The highest BCUT2D eigenvalue weighted by atomic mass is 35.5. The van der Waals surface area contributed by atoms with Gasteiger partial charge in [0, 0.05) is 24.7 Å². The molecule has 0 amide bonds. The number of rotatable bonds is 2. The normalized spacial score (nSPS) is 28.4. The average Bonchev–Trinajstić information content (AvgIpc) is 2.89. The molecule has 3 rings (SSSR count). The fourth-order valence-electron chi connectivity index (χ4n) is 3.24. The number of halogens is 1. The zero-order valence-electron chi connectivity index (χ0n) is 9.53. The van der Waals surface area contributed by atoms with E-state index >= 15 is 0 Å². The third kappa shape index (κ3) is 1.82. The third-order valence-corrected chi connectivity index (χ3v) is 4.49. The Morgan fingerprint density at radius 2 is 1.69 bits per heavy atom. The first-order chi connectivity index (χ1) is 7.86. The monoisotopic (exact) mass is 235 g/mol. The van der Waals surface area contributed by atoms with Crippen LogP contribution >= 0.6 is 11.6 Å². The number of nitrogens with zero attached hydrogens (tertiary/aromatic N) is 1. The van der Waals surface area contributed by atoms with Gasteiger partial charge in [-0.15, -0.1) is 11.6 Å². The molecule has 0 bridgehead atoms. The largest absolute Gasteiger partial charge is 0.371 e. The fraction of sp³-hybridized carbons (Fsp3) is 0.571. The molecule has 1 aromatic rings. The standard InChI is InChI=1S/C14H18ClN/c15-8-11-4-6-14(7-5-11)16-9-12-2-1-3-13(12)10-16/h4-7,12-13H,1-3,8-10H2. The summed E-state index contributed by atoms with van der Waals surface area (Å²) in [6, 6.07) is 8.74. The highest BCUT2D eigenvalue weighted by Crippen LogP contribution is 2.39. The molecule has 2 heteroatoms. The number of benzene rings is 1. The van der Waals surface area contributed by atoms with E-state index in [9.17, 15) is 0 Å².